The highest BCUT2D eigenvalue weighted by atomic mass is 19.1. The maximum atomic E-state index is 13.9. The zero-order chi connectivity index (χ0) is 18.8. The molecule has 0 aliphatic carbocycles. The van der Waals surface area contributed by atoms with Gasteiger partial charge in [0.25, 0.3) is 5.91 Å². The zero-order valence-electron chi connectivity index (χ0n) is 14.9. The fraction of sp³-hybridized carbons (Fsp3) is 0.316. The number of unbranched alkanes of at least 4 members (excludes halogenated alkanes) is 1. The van der Waals surface area contributed by atoms with Crippen LogP contribution >= 0.6 is 0 Å². The quantitative estimate of drug-likeness (QED) is 0.736. The van der Waals surface area contributed by atoms with Gasteiger partial charge in [-0.05, 0) is 38.5 Å². The van der Waals surface area contributed by atoms with Crippen molar-refractivity contribution in [2.75, 3.05) is 5.32 Å². The lowest BCUT2D eigenvalue weighted by atomic mass is 10.1. The summed E-state index contributed by atoms with van der Waals surface area (Å²) in [4.78, 5) is 17.3. The molecule has 2 aromatic heterocycles. The summed E-state index contributed by atoms with van der Waals surface area (Å²) in [5.74, 6) is -2.00. The van der Waals surface area contributed by atoms with Crippen LogP contribution < -0.4 is 5.32 Å². The number of fused-ring (bicyclic) bond motifs is 1. The first-order chi connectivity index (χ1) is 12.4. The summed E-state index contributed by atoms with van der Waals surface area (Å²) in [7, 11) is 0. The minimum atomic E-state index is -0.823. The second-order valence-corrected chi connectivity index (χ2v) is 6.25. The first kappa shape index (κ1) is 18.0. The lowest BCUT2D eigenvalue weighted by Crippen LogP contribution is -2.14. The monoisotopic (exact) mass is 358 g/mol. The summed E-state index contributed by atoms with van der Waals surface area (Å²) in [6.07, 6.45) is 1.97. The van der Waals surface area contributed by atoms with Gasteiger partial charge in [-0.25, -0.2) is 18.4 Å². The number of rotatable bonds is 5. The van der Waals surface area contributed by atoms with E-state index in [1.54, 1.807) is 17.7 Å². The third-order valence-electron chi connectivity index (χ3n) is 4.15. The molecule has 0 saturated carbocycles. The van der Waals surface area contributed by atoms with Gasteiger partial charge in [0.15, 0.2) is 5.65 Å². The lowest BCUT2D eigenvalue weighted by Gasteiger charge is -2.09. The first-order valence-corrected chi connectivity index (χ1v) is 8.52. The van der Waals surface area contributed by atoms with E-state index in [1.807, 2.05) is 6.92 Å². The van der Waals surface area contributed by atoms with Crippen molar-refractivity contribution in [1.82, 2.24) is 14.8 Å². The number of nitrogens with zero attached hydrogens (tertiary/aromatic N) is 3. The Bertz CT molecular complexity index is 981. The molecule has 1 aromatic carbocycles. The summed E-state index contributed by atoms with van der Waals surface area (Å²) in [5, 5.41) is 7.65. The lowest BCUT2D eigenvalue weighted by molar-refractivity contribution is 0.102. The number of aromatic nitrogens is 3. The number of aryl methyl sites for hydroxylation is 3. The molecule has 3 rings (SSSR count). The Morgan fingerprint density at radius 3 is 2.69 bits per heavy atom. The van der Waals surface area contributed by atoms with Gasteiger partial charge in [0.1, 0.15) is 11.6 Å². The fourth-order valence-corrected chi connectivity index (χ4v) is 2.90. The van der Waals surface area contributed by atoms with Gasteiger partial charge in [0.2, 0.25) is 0 Å². The van der Waals surface area contributed by atoms with Crippen LogP contribution in [0.1, 0.15) is 41.5 Å². The average Bonchev–Trinajstić information content (AvgIpc) is 2.90. The van der Waals surface area contributed by atoms with E-state index >= 15 is 0 Å². The summed E-state index contributed by atoms with van der Waals surface area (Å²) in [6, 6.07) is 4.68. The van der Waals surface area contributed by atoms with Gasteiger partial charge < -0.3 is 5.32 Å². The molecule has 0 radical (unpaired) electrons. The number of pyridine rings is 1. The van der Waals surface area contributed by atoms with Crippen molar-refractivity contribution >= 4 is 22.6 Å². The van der Waals surface area contributed by atoms with Crippen LogP contribution in [-0.4, -0.2) is 20.7 Å². The van der Waals surface area contributed by atoms with Crippen molar-refractivity contribution in [3.05, 3.63) is 52.9 Å². The zero-order valence-corrected chi connectivity index (χ0v) is 14.9. The Morgan fingerprint density at radius 2 is 2.00 bits per heavy atom. The summed E-state index contributed by atoms with van der Waals surface area (Å²) in [6.45, 7) is 6.41. The third kappa shape index (κ3) is 3.42. The maximum Gasteiger partial charge on any atom is 0.256 e. The molecule has 0 atom stereocenters. The van der Waals surface area contributed by atoms with Crippen LogP contribution in [0.5, 0.6) is 0 Å². The van der Waals surface area contributed by atoms with Crippen LogP contribution in [0.4, 0.5) is 14.5 Å². The molecule has 3 aromatic rings. The number of hydrogen-bond donors (Lipinski definition) is 1. The molecule has 136 valence electrons. The van der Waals surface area contributed by atoms with E-state index in [0.717, 1.165) is 25.0 Å². The summed E-state index contributed by atoms with van der Waals surface area (Å²) in [5.41, 5.74) is 2.29. The SMILES string of the molecule is CCCCn1nc(C)c2c(C(=O)Nc3ccc(F)cc3F)cc(C)nc21. The first-order valence-electron chi connectivity index (χ1n) is 8.52. The molecule has 7 heteroatoms. The molecule has 1 N–H and O–H groups in total. The standard InChI is InChI=1S/C19H20F2N4O/c1-4-5-8-25-18-17(12(3)24-25)14(9-11(2)22-18)19(26)23-16-7-6-13(20)10-15(16)21/h6-7,9-10H,4-5,8H2,1-3H3,(H,23,26). The Balaban J connectivity index is 2.03. The number of benzene rings is 1. The molecule has 26 heavy (non-hydrogen) atoms. The predicted octanol–water partition coefficient (Wildman–Crippen LogP) is 4.38. The molecular weight excluding hydrogens is 338 g/mol. The Kier molecular flexibility index (Phi) is 4.97. The van der Waals surface area contributed by atoms with Crippen molar-refractivity contribution in [1.29, 1.82) is 0 Å². The van der Waals surface area contributed by atoms with Crippen LogP contribution in [0.15, 0.2) is 24.3 Å². The van der Waals surface area contributed by atoms with Crippen molar-refractivity contribution < 1.29 is 13.6 Å². The van der Waals surface area contributed by atoms with E-state index in [4.69, 9.17) is 0 Å². The highest BCUT2D eigenvalue weighted by Crippen LogP contribution is 2.24. The largest absolute Gasteiger partial charge is 0.319 e. The van der Waals surface area contributed by atoms with E-state index in [2.05, 4.69) is 22.3 Å². The van der Waals surface area contributed by atoms with Crippen LogP contribution in [-0.2, 0) is 6.54 Å². The molecule has 0 aliphatic rings. The minimum absolute atomic E-state index is 0.0740. The van der Waals surface area contributed by atoms with E-state index in [-0.39, 0.29) is 5.69 Å². The number of carbonyl (C=O) groups is 1. The van der Waals surface area contributed by atoms with Gasteiger partial charge in [-0.2, -0.15) is 5.10 Å². The topological polar surface area (TPSA) is 59.8 Å². The van der Waals surface area contributed by atoms with Gasteiger partial charge in [-0.1, -0.05) is 13.3 Å². The molecule has 0 saturated heterocycles. The average molecular weight is 358 g/mol. The molecule has 2 heterocycles. The summed E-state index contributed by atoms with van der Waals surface area (Å²) < 4.78 is 28.7. The van der Waals surface area contributed by atoms with Crippen molar-refractivity contribution in [3.8, 4) is 0 Å². The van der Waals surface area contributed by atoms with E-state index in [0.29, 0.717) is 34.5 Å². The second-order valence-electron chi connectivity index (χ2n) is 6.25. The van der Waals surface area contributed by atoms with Crippen LogP contribution in [0.25, 0.3) is 11.0 Å². The molecule has 0 spiro atoms. The van der Waals surface area contributed by atoms with Crippen molar-refractivity contribution in [2.45, 2.75) is 40.2 Å². The molecule has 5 nitrogen and oxygen atoms in total. The van der Waals surface area contributed by atoms with Gasteiger partial charge in [0.05, 0.1) is 22.3 Å². The Morgan fingerprint density at radius 1 is 1.23 bits per heavy atom. The van der Waals surface area contributed by atoms with Gasteiger partial charge in [0, 0.05) is 18.3 Å². The number of amides is 1. The highest BCUT2D eigenvalue weighted by molar-refractivity contribution is 6.12. The van der Waals surface area contributed by atoms with Crippen LogP contribution in [0.3, 0.4) is 0 Å². The van der Waals surface area contributed by atoms with Gasteiger partial charge >= 0.3 is 0 Å². The molecule has 0 aliphatic heterocycles. The molecule has 0 fully saturated rings. The van der Waals surface area contributed by atoms with Crippen molar-refractivity contribution in [3.63, 3.8) is 0 Å². The maximum absolute atomic E-state index is 13.9. The number of hydrogen-bond acceptors (Lipinski definition) is 3. The molecule has 0 unspecified atom stereocenters. The number of nitrogens with one attached hydrogen (secondary N) is 1. The van der Waals surface area contributed by atoms with E-state index in [1.165, 1.54) is 6.07 Å². The fourth-order valence-electron chi connectivity index (χ4n) is 2.90. The number of carbonyl (C=O) groups excluding carboxylic acids is 1. The third-order valence-corrected chi connectivity index (χ3v) is 4.15. The number of halogens is 2. The van der Waals surface area contributed by atoms with Crippen LogP contribution in [0, 0.1) is 25.5 Å². The molecule has 1 amide bonds. The minimum Gasteiger partial charge on any atom is -0.319 e. The van der Waals surface area contributed by atoms with E-state index in [9.17, 15) is 13.6 Å². The van der Waals surface area contributed by atoms with Crippen LogP contribution in [0.2, 0.25) is 0 Å². The Hall–Kier alpha value is -2.83. The summed E-state index contributed by atoms with van der Waals surface area (Å²) >= 11 is 0. The van der Waals surface area contributed by atoms with Gasteiger partial charge in [-0.3, -0.25) is 4.79 Å². The highest BCUT2D eigenvalue weighted by Gasteiger charge is 2.19. The smallest absolute Gasteiger partial charge is 0.256 e. The molecular formula is C19H20F2N4O. The normalized spacial score (nSPS) is 11.1. The molecule has 0 bridgehead atoms. The number of anilines is 1. The van der Waals surface area contributed by atoms with Crippen molar-refractivity contribution in [2.24, 2.45) is 0 Å². The second kappa shape index (κ2) is 7.19. The van der Waals surface area contributed by atoms with Gasteiger partial charge in [-0.15, -0.1) is 0 Å². The predicted molar refractivity (Wildman–Crippen MR) is 96.2 cm³/mol. The Labute approximate surface area is 150 Å². The van der Waals surface area contributed by atoms with E-state index < -0.39 is 17.5 Å².